The van der Waals surface area contributed by atoms with E-state index >= 15 is 0 Å². The third-order valence-electron chi connectivity index (χ3n) is 2.39. The maximum absolute atomic E-state index is 11.1. The van der Waals surface area contributed by atoms with E-state index in [4.69, 9.17) is 16.2 Å². The lowest BCUT2D eigenvalue weighted by Crippen LogP contribution is -2.23. The number of benzene rings is 1. The molecule has 0 fully saturated rings. The Kier molecular flexibility index (Phi) is 2.13. The highest BCUT2D eigenvalue weighted by Gasteiger charge is 2.22. The number of nitrogens with two attached hydrogens (primary N) is 2. The van der Waals surface area contributed by atoms with Crippen LogP contribution in [0.1, 0.15) is 28.4 Å². The van der Waals surface area contributed by atoms with Crippen molar-refractivity contribution < 1.29 is 9.53 Å². The van der Waals surface area contributed by atoms with Gasteiger partial charge in [0, 0.05) is 18.0 Å². The molecule has 74 valence electrons. The highest BCUT2D eigenvalue weighted by Crippen LogP contribution is 2.33. The molecule has 1 aromatic rings. The molecule has 0 bridgehead atoms. The highest BCUT2D eigenvalue weighted by molar-refractivity contribution is 5.96. The summed E-state index contributed by atoms with van der Waals surface area (Å²) in [5.74, 6) is 0.0784. The van der Waals surface area contributed by atoms with Gasteiger partial charge in [-0.3, -0.25) is 4.79 Å². The highest BCUT2D eigenvalue weighted by atomic mass is 16.5. The molecule has 1 aromatic carbocycles. The Balaban J connectivity index is 2.55. The van der Waals surface area contributed by atoms with Crippen molar-refractivity contribution in [3.8, 4) is 5.75 Å². The summed E-state index contributed by atoms with van der Waals surface area (Å²) in [6, 6.07) is 5.23. The van der Waals surface area contributed by atoms with Crippen molar-refractivity contribution in [2.24, 2.45) is 11.5 Å². The minimum Gasteiger partial charge on any atom is -0.492 e. The van der Waals surface area contributed by atoms with E-state index in [0.29, 0.717) is 17.9 Å². The Morgan fingerprint density at radius 3 is 3.00 bits per heavy atom. The van der Waals surface area contributed by atoms with Crippen molar-refractivity contribution >= 4 is 5.91 Å². The molecule has 4 nitrogen and oxygen atoms in total. The summed E-state index contributed by atoms with van der Waals surface area (Å²) in [5, 5.41) is 0. The number of para-hydroxylation sites is 1. The van der Waals surface area contributed by atoms with Gasteiger partial charge in [0.05, 0.1) is 12.2 Å². The van der Waals surface area contributed by atoms with Crippen LogP contribution in [0.3, 0.4) is 0 Å². The van der Waals surface area contributed by atoms with Crippen LogP contribution in [0.4, 0.5) is 0 Å². The fourth-order valence-corrected chi connectivity index (χ4v) is 1.65. The second kappa shape index (κ2) is 3.31. The van der Waals surface area contributed by atoms with Gasteiger partial charge in [-0.25, -0.2) is 0 Å². The maximum atomic E-state index is 11.1. The van der Waals surface area contributed by atoms with Crippen molar-refractivity contribution in [3.05, 3.63) is 29.3 Å². The summed E-state index contributed by atoms with van der Waals surface area (Å²) in [4.78, 5) is 11.1. The van der Waals surface area contributed by atoms with E-state index in [-0.39, 0.29) is 6.04 Å². The zero-order valence-corrected chi connectivity index (χ0v) is 7.69. The normalized spacial score (nSPS) is 19.6. The number of carbonyl (C=O) groups excluding carboxylic acids is 1. The first-order valence-corrected chi connectivity index (χ1v) is 4.51. The molecule has 1 heterocycles. The molecule has 0 unspecified atom stereocenters. The maximum Gasteiger partial charge on any atom is 0.252 e. The quantitative estimate of drug-likeness (QED) is 0.682. The van der Waals surface area contributed by atoms with Gasteiger partial charge < -0.3 is 16.2 Å². The van der Waals surface area contributed by atoms with Crippen LogP contribution in [0.5, 0.6) is 5.75 Å². The molecule has 0 radical (unpaired) electrons. The first-order chi connectivity index (χ1) is 6.70. The molecule has 1 atom stereocenters. The number of rotatable bonds is 1. The van der Waals surface area contributed by atoms with Gasteiger partial charge in [-0.1, -0.05) is 12.1 Å². The van der Waals surface area contributed by atoms with E-state index in [1.54, 1.807) is 12.1 Å². The number of hydrogen-bond acceptors (Lipinski definition) is 3. The van der Waals surface area contributed by atoms with Crippen LogP contribution in [-0.2, 0) is 0 Å². The van der Waals surface area contributed by atoms with Crippen molar-refractivity contribution in [3.63, 3.8) is 0 Å². The molecule has 4 heteroatoms. The topological polar surface area (TPSA) is 78.3 Å². The number of amides is 1. The minimum absolute atomic E-state index is 0.0574. The fourth-order valence-electron chi connectivity index (χ4n) is 1.65. The monoisotopic (exact) mass is 192 g/mol. The summed E-state index contributed by atoms with van der Waals surface area (Å²) < 4.78 is 5.41. The Morgan fingerprint density at radius 1 is 1.50 bits per heavy atom. The molecule has 0 saturated carbocycles. The number of primary amides is 1. The number of fused-ring (bicyclic) bond motifs is 1. The van der Waals surface area contributed by atoms with Gasteiger partial charge in [0.25, 0.3) is 5.91 Å². The predicted molar refractivity (Wildman–Crippen MR) is 52.0 cm³/mol. The molecule has 0 aliphatic carbocycles. The van der Waals surface area contributed by atoms with E-state index in [2.05, 4.69) is 0 Å². The number of ether oxygens (including phenoxy) is 1. The van der Waals surface area contributed by atoms with Gasteiger partial charge in [0.1, 0.15) is 5.75 Å². The van der Waals surface area contributed by atoms with Gasteiger partial charge in [0.15, 0.2) is 0 Å². The standard InChI is InChI=1S/C10H12N2O2/c11-8-4-5-14-9-6(8)2-1-3-7(9)10(12)13/h1-3,8H,4-5,11H2,(H2,12,13)/t8-/m1/s1. The molecule has 1 aliphatic rings. The van der Waals surface area contributed by atoms with Gasteiger partial charge >= 0.3 is 0 Å². The molecule has 2 rings (SSSR count). The summed E-state index contributed by atoms with van der Waals surface area (Å²) in [6.45, 7) is 0.540. The fraction of sp³-hybridized carbons (Fsp3) is 0.300. The molecular weight excluding hydrogens is 180 g/mol. The Labute approximate surface area is 81.8 Å². The van der Waals surface area contributed by atoms with Crippen LogP contribution in [0.2, 0.25) is 0 Å². The first-order valence-electron chi connectivity index (χ1n) is 4.51. The first kappa shape index (κ1) is 9.02. The summed E-state index contributed by atoms with van der Waals surface area (Å²) >= 11 is 0. The average molecular weight is 192 g/mol. The van der Waals surface area contributed by atoms with Gasteiger partial charge in [-0.2, -0.15) is 0 Å². The molecule has 0 aromatic heterocycles. The van der Waals surface area contributed by atoms with Crippen LogP contribution in [0, 0.1) is 0 Å². The molecule has 14 heavy (non-hydrogen) atoms. The summed E-state index contributed by atoms with van der Waals surface area (Å²) in [6.07, 6.45) is 0.773. The zero-order valence-electron chi connectivity index (χ0n) is 7.69. The third-order valence-corrected chi connectivity index (χ3v) is 2.39. The minimum atomic E-state index is -0.476. The summed E-state index contributed by atoms with van der Waals surface area (Å²) in [5.41, 5.74) is 12.4. The molecule has 1 amide bonds. The predicted octanol–water partition coefficient (Wildman–Crippen LogP) is 0.568. The Bertz CT molecular complexity index is 376. The number of hydrogen-bond donors (Lipinski definition) is 2. The van der Waals surface area contributed by atoms with E-state index < -0.39 is 5.91 Å². The molecule has 0 spiro atoms. The van der Waals surface area contributed by atoms with E-state index in [1.165, 1.54) is 0 Å². The zero-order chi connectivity index (χ0) is 10.1. The molecular formula is C10H12N2O2. The van der Waals surface area contributed by atoms with Gasteiger partial charge in [-0.05, 0) is 6.07 Å². The van der Waals surface area contributed by atoms with Crippen molar-refractivity contribution in [2.75, 3.05) is 6.61 Å². The SMILES string of the molecule is NC(=O)c1cccc2c1OCC[C@H]2N. The van der Waals surface area contributed by atoms with Crippen LogP contribution >= 0.6 is 0 Å². The Morgan fingerprint density at radius 2 is 2.29 bits per heavy atom. The van der Waals surface area contributed by atoms with E-state index in [1.807, 2.05) is 6.07 Å². The Hall–Kier alpha value is -1.55. The molecule has 1 aliphatic heterocycles. The lowest BCUT2D eigenvalue weighted by molar-refractivity contribution is 0.0995. The average Bonchev–Trinajstić information content (AvgIpc) is 2.17. The van der Waals surface area contributed by atoms with E-state index in [0.717, 1.165) is 12.0 Å². The third kappa shape index (κ3) is 1.33. The molecule has 4 N–H and O–H groups in total. The number of carbonyl (C=O) groups is 1. The van der Waals surface area contributed by atoms with Gasteiger partial charge in [0.2, 0.25) is 0 Å². The second-order valence-electron chi connectivity index (χ2n) is 3.33. The lowest BCUT2D eigenvalue weighted by atomic mass is 9.98. The van der Waals surface area contributed by atoms with Crippen LogP contribution in [-0.4, -0.2) is 12.5 Å². The molecule has 0 saturated heterocycles. The van der Waals surface area contributed by atoms with E-state index in [9.17, 15) is 4.79 Å². The van der Waals surface area contributed by atoms with Crippen LogP contribution < -0.4 is 16.2 Å². The van der Waals surface area contributed by atoms with Gasteiger partial charge in [-0.15, -0.1) is 0 Å². The van der Waals surface area contributed by atoms with Crippen molar-refractivity contribution in [1.82, 2.24) is 0 Å². The summed E-state index contributed by atoms with van der Waals surface area (Å²) in [7, 11) is 0. The largest absolute Gasteiger partial charge is 0.492 e. The van der Waals surface area contributed by atoms with Crippen molar-refractivity contribution in [2.45, 2.75) is 12.5 Å². The van der Waals surface area contributed by atoms with Crippen molar-refractivity contribution in [1.29, 1.82) is 0 Å². The van der Waals surface area contributed by atoms with Crippen LogP contribution in [0.15, 0.2) is 18.2 Å². The lowest BCUT2D eigenvalue weighted by Gasteiger charge is -2.24. The second-order valence-corrected chi connectivity index (χ2v) is 3.33. The smallest absolute Gasteiger partial charge is 0.252 e. The van der Waals surface area contributed by atoms with Crippen LogP contribution in [0.25, 0.3) is 0 Å².